The number of carbonyl (C=O) groups is 1. The van der Waals surface area contributed by atoms with Crippen LogP contribution >= 0.6 is 27.5 Å². The monoisotopic (exact) mass is 357 g/mol. The van der Waals surface area contributed by atoms with Gasteiger partial charge in [-0.05, 0) is 39.7 Å². The minimum atomic E-state index is -0.596. The molecule has 0 bridgehead atoms. The first-order valence-corrected chi connectivity index (χ1v) is 6.57. The number of hydrogen-bond donors (Lipinski definition) is 1. The lowest BCUT2D eigenvalue weighted by atomic mass is 10.3. The predicted molar refractivity (Wildman–Crippen MR) is 77.3 cm³/mol. The minimum Gasteiger partial charge on any atom is -0.453 e. The molecule has 2 rings (SSSR count). The summed E-state index contributed by atoms with van der Waals surface area (Å²) in [5.41, 5.74) is 0.445. The third-order valence-electron chi connectivity index (χ3n) is 2.20. The van der Waals surface area contributed by atoms with Gasteiger partial charge in [0.05, 0.1) is 17.3 Å². The van der Waals surface area contributed by atoms with Crippen LogP contribution in [0.25, 0.3) is 0 Å². The highest BCUT2D eigenvalue weighted by molar-refractivity contribution is 9.10. The van der Waals surface area contributed by atoms with Crippen molar-refractivity contribution in [3.8, 4) is 11.6 Å². The molecule has 1 aromatic heterocycles. The summed E-state index contributed by atoms with van der Waals surface area (Å²) in [6.07, 6.45) is 0.877. The van der Waals surface area contributed by atoms with Crippen molar-refractivity contribution in [2.24, 2.45) is 0 Å². The van der Waals surface area contributed by atoms with Crippen molar-refractivity contribution in [3.05, 3.63) is 40.2 Å². The number of hydrogen-bond acceptors (Lipinski definition) is 5. The number of para-hydroxylation sites is 2. The molecule has 0 fully saturated rings. The average Bonchev–Trinajstić information content (AvgIpc) is 2.44. The third kappa shape index (κ3) is 3.58. The fraction of sp³-hybridized carbons (Fsp3) is 0.0833. The smallest absolute Gasteiger partial charge is 0.411 e. The number of carbonyl (C=O) groups excluding carboxylic acids is 1. The molecule has 0 aliphatic rings. The average molecular weight is 359 g/mol. The van der Waals surface area contributed by atoms with Crippen molar-refractivity contribution in [2.75, 3.05) is 12.4 Å². The molecular formula is C12H9BrClN3O3. The Kier molecular flexibility index (Phi) is 4.75. The number of benzene rings is 1. The van der Waals surface area contributed by atoms with E-state index in [0.29, 0.717) is 15.9 Å². The molecule has 0 atom stereocenters. The number of halogens is 2. The molecule has 0 radical (unpaired) electrons. The highest BCUT2D eigenvalue weighted by Gasteiger charge is 2.11. The van der Waals surface area contributed by atoms with Gasteiger partial charge in [-0.2, -0.15) is 4.98 Å². The Bertz CT molecular complexity index is 639. The van der Waals surface area contributed by atoms with E-state index in [0.717, 1.165) is 0 Å². The number of nitrogens with one attached hydrogen (secondary N) is 1. The van der Waals surface area contributed by atoms with E-state index in [1.165, 1.54) is 13.3 Å². The molecule has 1 amide bonds. The summed E-state index contributed by atoms with van der Waals surface area (Å²) in [4.78, 5) is 19.0. The first kappa shape index (κ1) is 14.5. The summed E-state index contributed by atoms with van der Waals surface area (Å²) in [7, 11) is 1.28. The molecule has 6 nitrogen and oxygen atoms in total. The highest BCUT2D eigenvalue weighted by atomic mass is 79.9. The third-order valence-corrected chi connectivity index (χ3v) is 2.92. The summed E-state index contributed by atoms with van der Waals surface area (Å²) in [5, 5.41) is 2.59. The van der Waals surface area contributed by atoms with Crippen LogP contribution in [0.2, 0.25) is 5.28 Å². The second kappa shape index (κ2) is 6.53. The van der Waals surface area contributed by atoms with Gasteiger partial charge in [0.1, 0.15) is 0 Å². The second-order valence-corrected chi connectivity index (χ2v) is 4.70. The Labute approximate surface area is 128 Å². The number of amides is 1. The second-order valence-electron chi connectivity index (χ2n) is 3.51. The van der Waals surface area contributed by atoms with Crippen molar-refractivity contribution in [2.45, 2.75) is 0 Å². The quantitative estimate of drug-likeness (QED) is 0.843. The SMILES string of the molecule is COC(=O)Nc1ccccc1Oc1nc(Cl)ncc1Br. The van der Waals surface area contributed by atoms with Crippen LogP contribution < -0.4 is 10.1 Å². The zero-order chi connectivity index (χ0) is 14.5. The first-order chi connectivity index (χ1) is 9.60. The Morgan fingerprint density at radius 3 is 2.90 bits per heavy atom. The number of aromatic nitrogens is 2. The fourth-order valence-electron chi connectivity index (χ4n) is 1.33. The van der Waals surface area contributed by atoms with Gasteiger partial charge in [0, 0.05) is 6.20 Å². The lowest BCUT2D eigenvalue weighted by molar-refractivity contribution is 0.187. The van der Waals surface area contributed by atoms with Gasteiger partial charge in [-0.3, -0.25) is 5.32 Å². The van der Waals surface area contributed by atoms with Gasteiger partial charge in [0.2, 0.25) is 11.2 Å². The molecule has 0 spiro atoms. The Morgan fingerprint density at radius 2 is 2.15 bits per heavy atom. The minimum absolute atomic E-state index is 0.0570. The van der Waals surface area contributed by atoms with Gasteiger partial charge in [-0.1, -0.05) is 12.1 Å². The van der Waals surface area contributed by atoms with Crippen molar-refractivity contribution in [1.82, 2.24) is 9.97 Å². The lowest BCUT2D eigenvalue weighted by Gasteiger charge is -2.11. The van der Waals surface area contributed by atoms with Crippen molar-refractivity contribution in [1.29, 1.82) is 0 Å². The van der Waals surface area contributed by atoms with Gasteiger partial charge in [0.25, 0.3) is 0 Å². The maximum atomic E-state index is 11.3. The summed E-state index contributed by atoms with van der Waals surface area (Å²) in [5.74, 6) is 0.637. The van der Waals surface area contributed by atoms with Crippen LogP contribution in [0.4, 0.5) is 10.5 Å². The van der Waals surface area contributed by atoms with E-state index in [1.807, 2.05) is 0 Å². The maximum absolute atomic E-state index is 11.3. The topological polar surface area (TPSA) is 73.3 Å². The molecule has 104 valence electrons. The van der Waals surface area contributed by atoms with Crippen molar-refractivity contribution >= 4 is 39.3 Å². The van der Waals surface area contributed by atoms with Crippen LogP contribution in [0, 0.1) is 0 Å². The zero-order valence-corrected chi connectivity index (χ0v) is 12.6. The largest absolute Gasteiger partial charge is 0.453 e. The molecule has 0 aliphatic heterocycles. The molecule has 8 heteroatoms. The highest BCUT2D eigenvalue weighted by Crippen LogP contribution is 2.32. The summed E-state index contributed by atoms with van der Waals surface area (Å²) >= 11 is 8.97. The molecule has 1 N–H and O–H groups in total. The van der Waals surface area contributed by atoms with Gasteiger partial charge in [0.15, 0.2) is 5.75 Å². The van der Waals surface area contributed by atoms with E-state index < -0.39 is 6.09 Å². The van der Waals surface area contributed by atoms with E-state index in [9.17, 15) is 4.79 Å². The van der Waals surface area contributed by atoms with Gasteiger partial charge in [-0.15, -0.1) is 0 Å². The van der Waals surface area contributed by atoms with E-state index >= 15 is 0 Å². The standard InChI is InChI=1S/C12H9BrClN3O3/c1-19-12(18)16-8-4-2-3-5-9(8)20-10-7(13)6-15-11(14)17-10/h2-6H,1H3,(H,16,18). The van der Waals surface area contributed by atoms with E-state index in [-0.39, 0.29) is 11.2 Å². The number of nitrogens with zero attached hydrogens (tertiary/aromatic N) is 2. The van der Waals surface area contributed by atoms with Crippen LogP contribution in [0.1, 0.15) is 0 Å². The van der Waals surface area contributed by atoms with Gasteiger partial charge < -0.3 is 9.47 Å². The summed E-state index contributed by atoms with van der Waals surface area (Å²) < 4.78 is 10.7. The zero-order valence-electron chi connectivity index (χ0n) is 10.3. The number of rotatable bonds is 3. The van der Waals surface area contributed by atoms with Gasteiger partial charge in [-0.25, -0.2) is 9.78 Å². The molecule has 0 aliphatic carbocycles. The summed E-state index contributed by atoms with van der Waals surface area (Å²) in [6, 6.07) is 6.85. The Hall–Kier alpha value is -1.86. The van der Waals surface area contributed by atoms with E-state index in [1.54, 1.807) is 24.3 Å². The Balaban J connectivity index is 2.29. The molecule has 1 heterocycles. The number of ether oxygens (including phenoxy) is 2. The Morgan fingerprint density at radius 1 is 1.40 bits per heavy atom. The molecular weight excluding hydrogens is 350 g/mol. The first-order valence-electron chi connectivity index (χ1n) is 5.40. The number of anilines is 1. The molecule has 20 heavy (non-hydrogen) atoms. The van der Waals surface area contributed by atoms with Crippen molar-refractivity contribution < 1.29 is 14.3 Å². The van der Waals surface area contributed by atoms with Gasteiger partial charge >= 0.3 is 6.09 Å². The molecule has 1 aromatic carbocycles. The molecule has 0 unspecified atom stereocenters. The normalized spacial score (nSPS) is 9.95. The van der Waals surface area contributed by atoms with Crippen LogP contribution in [0.3, 0.4) is 0 Å². The molecule has 0 saturated heterocycles. The van der Waals surface area contributed by atoms with Crippen LogP contribution in [0.5, 0.6) is 11.6 Å². The lowest BCUT2D eigenvalue weighted by Crippen LogP contribution is -2.11. The predicted octanol–water partition coefficient (Wildman–Crippen LogP) is 3.86. The maximum Gasteiger partial charge on any atom is 0.411 e. The van der Waals surface area contributed by atoms with Crippen LogP contribution in [-0.4, -0.2) is 23.2 Å². The fourth-order valence-corrected chi connectivity index (χ4v) is 1.72. The molecule has 0 saturated carbocycles. The molecule has 2 aromatic rings. The van der Waals surface area contributed by atoms with Crippen LogP contribution in [0.15, 0.2) is 34.9 Å². The van der Waals surface area contributed by atoms with E-state index in [2.05, 4.69) is 36.0 Å². The van der Waals surface area contributed by atoms with E-state index in [4.69, 9.17) is 16.3 Å². The summed E-state index contributed by atoms with van der Waals surface area (Å²) in [6.45, 7) is 0. The van der Waals surface area contributed by atoms with Crippen LogP contribution in [-0.2, 0) is 4.74 Å². The van der Waals surface area contributed by atoms with Crippen molar-refractivity contribution in [3.63, 3.8) is 0 Å². The number of methoxy groups -OCH3 is 1.